The molecule has 182 valence electrons. The van der Waals surface area contributed by atoms with E-state index in [1.165, 1.54) is 82.4 Å². The number of alkyl halides is 1. The summed E-state index contributed by atoms with van der Waals surface area (Å²) in [5.74, 6) is -0.177. The van der Waals surface area contributed by atoms with Crippen LogP contribution in [0.1, 0.15) is 96.8 Å². The Kier molecular flexibility index (Phi) is 16.4. The van der Waals surface area contributed by atoms with Crippen molar-refractivity contribution in [1.29, 1.82) is 0 Å². The third kappa shape index (κ3) is 12.7. The van der Waals surface area contributed by atoms with E-state index < -0.39 is 12.7 Å². The zero-order valence-corrected chi connectivity index (χ0v) is 22.1. The predicted molar refractivity (Wildman–Crippen MR) is 139 cm³/mol. The highest BCUT2D eigenvalue weighted by atomic mass is 79.9. The number of halogens is 1. The molecule has 0 spiro atoms. The van der Waals surface area contributed by atoms with Crippen LogP contribution in [-0.4, -0.2) is 22.3 Å². The van der Waals surface area contributed by atoms with Crippen molar-refractivity contribution < 1.29 is 14.3 Å². The average molecular weight is 531 g/mol. The Morgan fingerprint density at radius 2 is 1.50 bits per heavy atom. The predicted octanol–water partition coefficient (Wildman–Crippen LogP) is 7.59. The smallest absolute Gasteiger partial charge is 0.271 e. The Bertz CT molecular complexity index is 715. The Hall–Kier alpha value is -1.20. The van der Waals surface area contributed by atoms with Crippen molar-refractivity contribution in [2.45, 2.75) is 96.8 Å². The van der Waals surface area contributed by atoms with Crippen molar-refractivity contribution in [2.24, 2.45) is 0 Å². The highest BCUT2D eigenvalue weighted by molar-refractivity contribution is 9.09. The van der Waals surface area contributed by atoms with E-state index in [2.05, 4.69) is 28.2 Å². The van der Waals surface area contributed by atoms with Gasteiger partial charge < -0.3 is 9.88 Å². The molecule has 1 rings (SSSR count). The first kappa shape index (κ1) is 28.8. The Morgan fingerprint density at radius 1 is 0.969 bits per heavy atom. The van der Waals surface area contributed by atoms with E-state index in [0.717, 1.165) is 19.3 Å². The van der Waals surface area contributed by atoms with Crippen molar-refractivity contribution in [3.05, 3.63) is 28.3 Å². The quantitative estimate of drug-likeness (QED) is 0.0655. The lowest BCUT2D eigenvalue weighted by Crippen LogP contribution is -2.17. The number of nitrogens with zero attached hydrogens (tertiary/aromatic N) is 1. The Balaban J connectivity index is 2.26. The summed E-state index contributed by atoms with van der Waals surface area (Å²) in [4.78, 5) is 22.9. The number of nitrogens with one attached hydrogen (secondary N) is 1. The number of amides is 1. The molecule has 0 saturated carbocycles. The topological polar surface area (TPSA) is 89.3 Å². The highest BCUT2D eigenvalue weighted by Crippen LogP contribution is 2.28. The molecule has 1 unspecified atom stereocenters. The fourth-order valence-corrected chi connectivity index (χ4v) is 5.95. The number of hydrogen-bond acceptors (Lipinski definition) is 4. The standard InChI is InChI=1S/C24H40BrN2O4P/c1-2-3-4-5-6-7-8-9-10-11-12-13-14-15-24(28)26-22-20-21(27(29)30)16-17-23(22)32(31)19-18-25/h16-17,20,32H,2-15,18-19H2,1H3,(H,26,28). The zero-order chi connectivity index (χ0) is 23.6. The van der Waals surface area contributed by atoms with Crippen LogP contribution < -0.4 is 10.6 Å². The lowest BCUT2D eigenvalue weighted by molar-refractivity contribution is -0.384. The van der Waals surface area contributed by atoms with E-state index in [9.17, 15) is 19.5 Å². The molecule has 0 radical (unpaired) electrons. The summed E-state index contributed by atoms with van der Waals surface area (Å²) >= 11 is 3.27. The first-order chi connectivity index (χ1) is 15.5. The van der Waals surface area contributed by atoms with Crippen LogP contribution in [-0.2, 0) is 9.36 Å². The molecule has 0 saturated heterocycles. The molecule has 0 fully saturated rings. The first-order valence-corrected chi connectivity index (χ1v) is 14.9. The molecule has 0 bridgehead atoms. The van der Waals surface area contributed by atoms with Crippen LogP contribution in [0.4, 0.5) is 11.4 Å². The number of benzene rings is 1. The third-order valence-corrected chi connectivity index (χ3v) is 8.49. The van der Waals surface area contributed by atoms with Gasteiger partial charge in [0.15, 0.2) is 0 Å². The zero-order valence-electron chi connectivity index (χ0n) is 19.5. The van der Waals surface area contributed by atoms with Gasteiger partial charge in [-0.2, -0.15) is 0 Å². The lowest BCUT2D eigenvalue weighted by atomic mass is 10.0. The molecule has 1 atom stereocenters. The van der Waals surface area contributed by atoms with Crippen LogP contribution in [0.2, 0.25) is 0 Å². The molecule has 1 aromatic carbocycles. The summed E-state index contributed by atoms with van der Waals surface area (Å²) in [5.41, 5.74) is 0.197. The monoisotopic (exact) mass is 530 g/mol. The van der Waals surface area contributed by atoms with E-state index in [0.29, 0.717) is 28.9 Å². The number of carbonyl (C=O) groups excluding carboxylic acids is 1. The third-order valence-electron chi connectivity index (χ3n) is 5.62. The van der Waals surface area contributed by atoms with Gasteiger partial charge in [-0.25, -0.2) is 0 Å². The van der Waals surface area contributed by atoms with E-state index in [-0.39, 0.29) is 11.6 Å². The summed E-state index contributed by atoms with van der Waals surface area (Å²) in [6.07, 6.45) is 17.0. The van der Waals surface area contributed by atoms with E-state index in [1.54, 1.807) is 0 Å². The van der Waals surface area contributed by atoms with Gasteiger partial charge in [0.05, 0.1) is 10.6 Å². The summed E-state index contributed by atoms with van der Waals surface area (Å²) in [6.45, 7) is 2.25. The first-order valence-electron chi connectivity index (χ1n) is 12.2. The van der Waals surface area contributed by atoms with Crippen LogP contribution in [0.25, 0.3) is 0 Å². The van der Waals surface area contributed by atoms with Crippen LogP contribution in [0, 0.1) is 10.1 Å². The molecule has 0 aliphatic carbocycles. The highest BCUT2D eigenvalue weighted by Gasteiger charge is 2.16. The van der Waals surface area contributed by atoms with Crippen molar-refractivity contribution in [1.82, 2.24) is 0 Å². The van der Waals surface area contributed by atoms with E-state index in [1.807, 2.05) is 0 Å². The molecule has 0 aliphatic heterocycles. The molecule has 1 aromatic rings. The number of carbonyl (C=O) groups is 1. The minimum absolute atomic E-state index is 0.112. The molecule has 0 aliphatic rings. The largest absolute Gasteiger partial charge is 0.325 e. The van der Waals surface area contributed by atoms with Crippen LogP contribution in [0.5, 0.6) is 0 Å². The van der Waals surface area contributed by atoms with E-state index >= 15 is 0 Å². The van der Waals surface area contributed by atoms with Crippen molar-refractivity contribution in [3.63, 3.8) is 0 Å². The summed E-state index contributed by atoms with van der Waals surface area (Å²) < 4.78 is 12.4. The maximum Gasteiger partial charge on any atom is 0.271 e. The number of nitro benzene ring substituents is 1. The molecular formula is C24H40BrN2O4P. The maximum absolute atomic E-state index is 12.4. The second-order valence-electron chi connectivity index (χ2n) is 8.39. The minimum Gasteiger partial charge on any atom is -0.325 e. The number of hydrogen-bond donors (Lipinski definition) is 1. The fraction of sp³-hybridized carbons (Fsp3) is 0.708. The normalized spacial score (nSPS) is 11.9. The molecule has 1 amide bonds. The lowest BCUT2D eigenvalue weighted by Gasteiger charge is -2.11. The number of rotatable bonds is 19. The molecule has 6 nitrogen and oxygen atoms in total. The maximum atomic E-state index is 12.4. The summed E-state index contributed by atoms with van der Waals surface area (Å²) in [6, 6.07) is 4.16. The molecule has 1 N–H and O–H groups in total. The van der Waals surface area contributed by atoms with Gasteiger partial charge in [-0.05, 0) is 12.5 Å². The van der Waals surface area contributed by atoms with Gasteiger partial charge in [-0.1, -0.05) is 99.9 Å². The SMILES string of the molecule is CCCCCCCCCCCCCCCC(=O)Nc1cc([N+](=O)[O-])ccc1[PH](=O)CCBr. The summed E-state index contributed by atoms with van der Waals surface area (Å²) in [5, 5.41) is 14.9. The second kappa shape index (κ2) is 18.3. The van der Waals surface area contributed by atoms with Crippen LogP contribution in [0.15, 0.2) is 18.2 Å². The number of anilines is 1. The molecular weight excluding hydrogens is 491 g/mol. The molecule has 0 aromatic heterocycles. The van der Waals surface area contributed by atoms with Gasteiger partial charge in [0.2, 0.25) is 5.91 Å². The van der Waals surface area contributed by atoms with Gasteiger partial charge >= 0.3 is 0 Å². The van der Waals surface area contributed by atoms with Gasteiger partial charge in [0.25, 0.3) is 5.69 Å². The van der Waals surface area contributed by atoms with Gasteiger partial charge in [0.1, 0.15) is 7.80 Å². The average Bonchev–Trinajstić information content (AvgIpc) is 2.77. The molecule has 0 heterocycles. The van der Waals surface area contributed by atoms with Crippen molar-refractivity contribution in [3.8, 4) is 0 Å². The summed E-state index contributed by atoms with van der Waals surface area (Å²) in [7, 11) is -2.12. The fourth-order valence-electron chi connectivity index (χ4n) is 3.73. The van der Waals surface area contributed by atoms with Crippen LogP contribution in [0.3, 0.4) is 0 Å². The Morgan fingerprint density at radius 3 is 2.00 bits per heavy atom. The van der Waals surface area contributed by atoms with Crippen molar-refractivity contribution in [2.75, 3.05) is 16.8 Å². The number of unbranched alkanes of at least 4 members (excludes halogenated alkanes) is 12. The Labute approximate surface area is 202 Å². The van der Waals surface area contributed by atoms with E-state index in [4.69, 9.17) is 0 Å². The van der Waals surface area contributed by atoms with Gasteiger partial charge in [-0.15, -0.1) is 0 Å². The van der Waals surface area contributed by atoms with Gasteiger partial charge in [-0.3, -0.25) is 14.9 Å². The minimum atomic E-state index is -2.12. The van der Waals surface area contributed by atoms with Crippen LogP contribution >= 0.6 is 23.7 Å². The number of nitro groups is 1. The molecule has 8 heteroatoms. The second-order valence-corrected chi connectivity index (χ2v) is 11.1. The molecule has 32 heavy (non-hydrogen) atoms. The van der Waals surface area contributed by atoms with Crippen molar-refractivity contribution >= 4 is 46.3 Å². The van der Waals surface area contributed by atoms with Gasteiger partial charge in [0, 0.05) is 35.4 Å². The number of non-ortho nitro benzene ring substituents is 1.